The minimum absolute atomic E-state index is 0.0812. The van der Waals surface area contributed by atoms with Crippen molar-refractivity contribution in [3.8, 4) is 0 Å². The van der Waals surface area contributed by atoms with Crippen molar-refractivity contribution in [1.29, 1.82) is 0 Å². The summed E-state index contributed by atoms with van der Waals surface area (Å²) in [4.78, 5) is 28.6. The molecule has 0 saturated heterocycles. The molecule has 1 aromatic carbocycles. The van der Waals surface area contributed by atoms with Crippen LogP contribution >= 0.6 is 34.5 Å². The molecule has 0 spiro atoms. The second-order valence-electron chi connectivity index (χ2n) is 5.05. The van der Waals surface area contributed by atoms with Gasteiger partial charge in [0.05, 0.1) is 21.3 Å². The summed E-state index contributed by atoms with van der Waals surface area (Å²) in [7, 11) is 0. The van der Waals surface area contributed by atoms with Crippen molar-refractivity contribution in [2.24, 2.45) is 0 Å². The Hall–Kier alpha value is -2.48. The molecule has 0 bridgehead atoms. The van der Waals surface area contributed by atoms with Gasteiger partial charge in [-0.15, -0.1) is 11.3 Å². The third-order valence-electron chi connectivity index (χ3n) is 3.28. The fourth-order valence-corrected chi connectivity index (χ4v) is 3.56. The number of nitrogens with one attached hydrogen (secondary N) is 2. The summed E-state index contributed by atoms with van der Waals surface area (Å²) < 4.78 is 14.2. The zero-order valence-corrected chi connectivity index (χ0v) is 15.3. The zero-order chi connectivity index (χ0) is 18.7. The number of nitrogens with zero attached hydrogens (tertiary/aromatic N) is 1. The minimum Gasteiger partial charge on any atom is -0.320 e. The predicted octanol–water partition coefficient (Wildman–Crippen LogP) is 5.09. The second kappa shape index (κ2) is 7.82. The first-order valence-corrected chi connectivity index (χ1v) is 8.79. The highest BCUT2D eigenvalue weighted by molar-refractivity contribution is 7.20. The number of anilines is 2. The normalized spacial score (nSPS) is 10.4. The average Bonchev–Trinajstić information content (AvgIpc) is 2.96. The molecular formula is C17H10Cl2FN3O2S. The first-order valence-electron chi connectivity index (χ1n) is 7.22. The van der Waals surface area contributed by atoms with E-state index in [9.17, 15) is 14.0 Å². The highest BCUT2D eigenvalue weighted by Gasteiger charge is 2.17. The highest BCUT2D eigenvalue weighted by atomic mass is 35.5. The van der Waals surface area contributed by atoms with E-state index in [2.05, 4.69) is 15.6 Å². The van der Waals surface area contributed by atoms with Gasteiger partial charge in [-0.1, -0.05) is 29.3 Å². The Labute approximate surface area is 161 Å². The number of pyridine rings is 1. The van der Waals surface area contributed by atoms with E-state index < -0.39 is 17.6 Å². The van der Waals surface area contributed by atoms with E-state index in [0.29, 0.717) is 4.34 Å². The van der Waals surface area contributed by atoms with Crippen molar-refractivity contribution in [3.63, 3.8) is 0 Å². The maximum Gasteiger partial charge on any atom is 0.274 e. The summed E-state index contributed by atoms with van der Waals surface area (Å²) >= 11 is 12.8. The van der Waals surface area contributed by atoms with Crippen LogP contribution < -0.4 is 10.6 Å². The van der Waals surface area contributed by atoms with E-state index in [4.69, 9.17) is 23.2 Å². The lowest BCUT2D eigenvalue weighted by Crippen LogP contribution is -2.17. The average molecular weight is 410 g/mol. The molecule has 0 aliphatic heterocycles. The first-order chi connectivity index (χ1) is 12.4. The molecule has 5 nitrogen and oxygen atoms in total. The number of hydrogen-bond donors (Lipinski definition) is 2. The van der Waals surface area contributed by atoms with Gasteiger partial charge in [0.15, 0.2) is 0 Å². The Morgan fingerprint density at radius 1 is 1.00 bits per heavy atom. The summed E-state index contributed by atoms with van der Waals surface area (Å²) in [5.41, 5.74) is 0.639. The van der Waals surface area contributed by atoms with E-state index in [1.807, 2.05) is 0 Å². The number of benzene rings is 1. The SMILES string of the molecule is O=C(Nc1ccc(F)cc1NC(=O)c1cc(Cl)sc1Cl)c1ccccn1. The van der Waals surface area contributed by atoms with Crippen LogP contribution in [0.5, 0.6) is 0 Å². The molecule has 3 rings (SSSR count). The number of amides is 2. The molecule has 2 N–H and O–H groups in total. The number of thiophene rings is 1. The van der Waals surface area contributed by atoms with Crippen LogP contribution in [0.25, 0.3) is 0 Å². The molecule has 0 aliphatic rings. The van der Waals surface area contributed by atoms with E-state index in [1.54, 1.807) is 12.1 Å². The van der Waals surface area contributed by atoms with Crippen molar-refractivity contribution in [3.05, 3.63) is 74.4 Å². The van der Waals surface area contributed by atoms with E-state index in [0.717, 1.165) is 23.5 Å². The van der Waals surface area contributed by atoms with Crippen LogP contribution in [0, 0.1) is 5.82 Å². The molecule has 0 radical (unpaired) electrons. The van der Waals surface area contributed by atoms with Crippen LogP contribution in [0.1, 0.15) is 20.8 Å². The van der Waals surface area contributed by atoms with Crippen molar-refractivity contribution < 1.29 is 14.0 Å². The molecule has 0 saturated carbocycles. The van der Waals surface area contributed by atoms with Crippen molar-refractivity contribution >= 4 is 57.7 Å². The Morgan fingerprint density at radius 2 is 1.77 bits per heavy atom. The Bertz CT molecular complexity index is 979. The predicted molar refractivity (Wildman–Crippen MR) is 101 cm³/mol. The second-order valence-corrected chi connectivity index (χ2v) is 7.34. The summed E-state index contributed by atoms with van der Waals surface area (Å²) in [5, 5.41) is 5.12. The molecule has 2 aromatic heterocycles. The van der Waals surface area contributed by atoms with Gasteiger partial charge in [-0.2, -0.15) is 0 Å². The van der Waals surface area contributed by atoms with Gasteiger partial charge in [0.2, 0.25) is 0 Å². The maximum atomic E-state index is 13.6. The fourth-order valence-electron chi connectivity index (χ4n) is 2.10. The molecule has 0 aliphatic carbocycles. The quantitative estimate of drug-likeness (QED) is 0.629. The van der Waals surface area contributed by atoms with Crippen LogP contribution in [-0.2, 0) is 0 Å². The highest BCUT2D eigenvalue weighted by Crippen LogP contribution is 2.32. The van der Waals surface area contributed by atoms with Gasteiger partial charge in [0.25, 0.3) is 11.8 Å². The van der Waals surface area contributed by atoms with Crippen LogP contribution in [0.4, 0.5) is 15.8 Å². The van der Waals surface area contributed by atoms with Crippen LogP contribution in [0.15, 0.2) is 48.7 Å². The summed E-state index contributed by atoms with van der Waals surface area (Å²) in [6, 6.07) is 9.88. The molecule has 26 heavy (non-hydrogen) atoms. The Morgan fingerprint density at radius 3 is 2.42 bits per heavy atom. The largest absolute Gasteiger partial charge is 0.320 e. The lowest BCUT2D eigenvalue weighted by molar-refractivity contribution is 0.101. The van der Waals surface area contributed by atoms with E-state index in [-0.39, 0.29) is 27.0 Å². The maximum absolute atomic E-state index is 13.6. The van der Waals surface area contributed by atoms with Gasteiger partial charge < -0.3 is 10.6 Å². The summed E-state index contributed by atoms with van der Waals surface area (Å²) in [5.74, 6) is -1.65. The number of halogens is 3. The summed E-state index contributed by atoms with van der Waals surface area (Å²) in [6.45, 7) is 0. The standard InChI is InChI=1S/C17H10Cl2FN3O2S/c18-14-8-10(15(19)26-14)16(24)23-13-7-9(20)4-5-11(13)22-17(25)12-3-1-2-6-21-12/h1-8H,(H,22,25)(H,23,24). The first kappa shape index (κ1) is 18.3. The molecule has 2 amide bonds. The van der Waals surface area contributed by atoms with Crippen LogP contribution in [-0.4, -0.2) is 16.8 Å². The van der Waals surface area contributed by atoms with Crippen LogP contribution in [0.3, 0.4) is 0 Å². The lowest BCUT2D eigenvalue weighted by Gasteiger charge is -2.12. The Balaban J connectivity index is 1.85. The van der Waals surface area contributed by atoms with Crippen molar-refractivity contribution in [2.45, 2.75) is 0 Å². The molecule has 0 fully saturated rings. The smallest absolute Gasteiger partial charge is 0.274 e. The molecule has 132 valence electrons. The lowest BCUT2D eigenvalue weighted by atomic mass is 10.2. The van der Waals surface area contributed by atoms with Gasteiger partial charge in [0, 0.05) is 6.20 Å². The molecular weight excluding hydrogens is 400 g/mol. The van der Waals surface area contributed by atoms with Gasteiger partial charge in [0.1, 0.15) is 15.8 Å². The fraction of sp³-hybridized carbons (Fsp3) is 0. The molecule has 0 atom stereocenters. The monoisotopic (exact) mass is 409 g/mol. The molecule has 9 heteroatoms. The number of carbonyl (C=O) groups excluding carboxylic acids is 2. The van der Waals surface area contributed by atoms with Gasteiger partial charge in [-0.05, 0) is 36.4 Å². The number of carbonyl (C=O) groups is 2. The molecule has 3 aromatic rings. The number of rotatable bonds is 4. The molecule has 0 unspecified atom stereocenters. The zero-order valence-electron chi connectivity index (χ0n) is 12.9. The van der Waals surface area contributed by atoms with E-state index >= 15 is 0 Å². The molecule has 2 heterocycles. The van der Waals surface area contributed by atoms with Crippen molar-refractivity contribution in [1.82, 2.24) is 4.98 Å². The number of aromatic nitrogens is 1. The Kier molecular flexibility index (Phi) is 5.51. The van der Waals surface area contributed by atoms with E-state index in [1.165, 1.54) is 24.4 Å². The van der Waals surface area contributed by atoms with Gasteiger partial charge in [-0.3, -0.25) is 14.6 Å². The number of hydrogen-bond acceptors (Lipinski definition) is 4. The third kappa shape index (κ3) is 4.19. The van der Waals surface area contributed by atoms with Gasteiger partial charge in [-0.25, -0.2) is 4.39 Å². The minimum atomic E-state index is -0.578. The third-order valence-corrected chi connectivity index (χ3v) is 4.76. The van der Waals surface area contributed by atoms with Crippen LogP contribution in [0.2, 0.25) is 8.67 Å². The van der Waals surface area contributed by atoms with Gasteiger partial charge >= 0.3 is 0 Å². The van der Waals surface area contributed by atoms with Crippen molar-refractivity contribution in [2.75, 3.05) is 10.6 Å². The summed E-state index contributed by atoms with van der Waals surface area (Å²) in [6.07, 6.45) is 1.48. The topological polar surface area (TPSA) is 71.1 Å².